The van der Waals surface area contributed by atoms with Crippen LogP contribution in [0.3, 0.4) is 0 Å². The maximum Gasteiger partial charge on any atom is 0.142 e. The van der Waals surface area contributed by atoms with Crippen LogP contribution in [0.4, 0.5) is 4.39 Å². The fourth-order valence-electron chi connectivity index (χ4n) is 3.96. The summed E-state index contributed by atoms with van der Waals surface area (Å²) in [6.07, 6.45) is 6.61. The predicted molar refractivity (Wildman–Crippen MR) is 84.0 cm³/mol. The first-order valence-corrected chi connectivity index (χ1v) is 8.48. The minimum Gasteiger partial charge on any atom is -0.375 e. The summed E-state index contributed by atoms with van der Waals surface area (Å²) in [7, 11) is 0. The van der Waals surface area contributed by atoms with Gasteiger partial charge in [0, 0.05) is 12.2 Å². The minimum atomic E-state index is -0.215. The zero-order valence-corrected chi connectivity index (χ0v) is 13.7. The molecule has 2 aliphatic rings. The minimum absolute atomic E-state index is 0.0144. The highest BCUT2D eigenvalue weighted by molar-refractivity contribution is 9.10. The molecule has 1 aromatic carbocycles. The molecule has 1 aliphatic heterocycles. The number of hydrogen-bond donors (Lipinski definition) is 2. The molecule has 1 saturated heterocycles. The Labute approximate surface area is 133 Å². The molecule has 0 aromatic heterocycles. The Bertz CT molecular complexity index is 505. The van der Waals surface area contributed by atoms with Crippen molar-refractivity contribution in [1.82, 2.24) is 5.43 Å². The summed E-state index contributed by atoms with van der Waals surface area (Å²) in [5.41, 5.74) is 3.51. The number of rotatable bonds is 3. The van der Waals surface area contributed by atoms with Gasteiger partial charge in [0.15, 0.2) is 0 Å². The molecular weight excluding hydrogens is 335 g/mol. The van der Waals surface area contributed by atoms with Gasteiger partial charge in [0.1, 0.15) is 5.82 Å². The lowest BCUT2D eigenvalue weighted by molar-refractivity contribution is -0.0983. The van der Waals surface area contributed by atoms with Gasteiger partial charge >= 0.3 is 0 Å². The summed E-state index contributed by atoms with van der Waals surface area (Å²) in [6, 6.07) is 5.23. The molecule has 2 unspecified atom stereocenters. The van der Waals surface area contributed by atoms with E-state index in [2.05, 4.69) is 21.4 Å². The van der Waals surface area contributed by atoms with Crippen molar-refractivity contribution in [3.8, 4) is 0 Å². The summed E-state index contributed by atoms with van der Waals surface area (Å²) in [5, 5.41) is 0. The monoisotopic (exact) mass is 356 g/mol. The van der Waals surface area contributed by atoms with Gasteiger partial charge in [-0.25, -0.2) is 4.39 Å². The van der Waals surface area contributed by atoms with E-state index in [1.54, 1.807) is 6.07 Å². The van der Waals surface area contributed by atoms with Gasteiger partial charge in [0.25, 0.3) is 0 Å². The van der Waals surface area contributed by atoms with Gasteiger partial charge in [0.2, 0.25) is 0 Å². The van der Waals surface area contributed by atoms with E-state index >= 15 is 0 Å². The van der Waals surface area contributed by atoms with E-state index in [1.807, 2.05) is 12.1 Å². The fraction of sp³-hybridized carbons (Fsp3) is 0.625. The molecule has 1 aromatic rings. The van der Waals surface area contributed by atoms with Gasteiger partial charge < -0.3 is 4.74 Å². The van der Waals surface area contributed by atoms with Crippen molar-refractivity contribution in [3.63, 3.8) is 0 Å². The van der Waals surface area contributed by atoms with Crippen LogP contribution < -0.4 is 11.3 Å². The van der Waals surface area contributed by atoms with Crippen LogP contribution >= 0.6 is 15.9 Å². The maximum atomic E-state index is 14.4. The second-order valence-corrected chi connectivity index (χ2v) is 7.13. The van der Waals surface area contributed by atoms with E-state index < -0.39 is 0 Å². The lowest BCUT2D eigenvalue weighted by Gasteiger charge is -2.41. The molecule has 5 heteroatoms. The lowest BCUT2D eigenvalue weighted by Crippen LogP contribution is -2.43. The van der Waals surface area contributed by atoms with Gasteiger partial charge in [-0.05, 0) is 53.6 Å². The molecule has 1 spiro atoms. The Kier molecular flexibility index (Phi) is 4.64. The maximum absolute atomic E-state index is 14.4. The van der Waals surface area contributed by atoms with Gasteiger partial charge in [-0.2, -0.15) is 0 Å². The average molecular weight is 357 g/mol. The van der Waals surface area contributed by atoms with E-state index in [0.717, 1.165) is 32.3 Å². The standard InChI is InChI=1S/C16H22BrFN2O/c17-13-5-3-4-12(14(13)18)15(20-19)11-6-9-21-16(10-11)7-1-2-8-16/h3-5,11,15,20H,1-2,6-10,19H2. The highest BCUT2D eigenvalue weighted by atomic mass is 79.9. The Morgan fingerprint density at radius 2 is 2.14 bits per heavy atom. The molecule has 2 atom stereocenters. The topological polar surface area (TPSA) is 47.3 Å². The van der Waals surface area contributed by atoms with Crippen LogP contribution in [0.5, 0.6) is 0 Å². The van der Waals surface area contributed by atoms with Crippen molar-refractivity contribution in [2.24, 2.45) is 11.8 Å². The SMILES string of the molecule is NNC(c1cccc(Br)c1F)C1CCOC2(CCCC2)C1. The van der Waals surface area contributed by atoms with E-state index in [9.17, 15) is 4.39 Å². The van der Waals surface area contributed by atoms with Gasteiger partial charge in [-0.3, -0.25) is 11.3 Å². The third-order valence-electron chi connectivity index (χ3n) is 5.01. The van der Waals surface area contributed by atoms with Crippen molar-refractivity contribution in [2.75, 3.05) is 6.61 Å². The van der Waals surface area contributed by atoms with E-state index in [-0.39, 0.29) is 17.5 Å². The molecule has 3 nitrogen and oxygen atoms in total. The second kappa shape index (κ2) is 6.32. The van der Waals surface area contributed by atoms with Crippen LogP contribution in [-0.2, 0) is 4.74 Å². The predicted octanol–water partition coefficient (Wildman–Crippen LogP) is 3.83. The van der Waals surface area contributed by atoms with Crippen molar-refractivity contribution >= 4 is 15.9 Å². The average Bonchev–Trinajstić information content (AvgIpc) is 2.92. The lowest BCUT2D eigenvalue weighted by atomic mass is 9.78. The molecule has 1 aliphatic carbocycles. The summed E-state index contributed by atoms with van der Waals surface area (Å²) >= 11 is 3.26. The van der Waals surface area contributed by atoms with Gasteiger partial charge in [-0.15, -0.1) is 0 Å². The third-order valence-corrected chi connectivity index (χ3v) is 5.63. The molecule has 116 valence electrons. The third kappa shape index (κ3) is 3.02. The Morgan fingerprint density at radius 1 is 1.38 bits per heavy atom. The number of halogens is 2. The highest BCUT2D eigenvalue weighted by Crippen LogP contribution is 2.45. The van der Waals surface area contributed by atoms with Crippen LogP contribution in [-0.4, -0.2) is 12.2 Å². The van der Waals surface area contributed by atoms with Crippen LogP contribution in [0, 0.1) is 11.7 Å². The number of nitrogens with one attached hydrogen (secondary N) is 1. The number of hydrazine groups is 1. The quantitative estimate of drug-likeness (QED) is 0.639. The van der Waals surface area contributed by atoms with E-state index in [4.69, 9.17) is 10.6 Å². The first-order chi connectivity index (χ1) is 10.2. The van der Waals surface area contributed by atoms with Crippen molar-refractivity contribution in [3.05, 3.63) is 34.1 Å². The molecule has 1 heterocycles. The summed E-state index contributed by atoms with van der Waals surface area (Å²) in [6.45, 7) is 0.748. The molecule has 2 fully saturated rings. The number of nitrogens with two attached hydrogens (primary N) is 1. The van der Waals surface area contributed by atoms with Crippen LogP contribution in [0.2, 0.25) is 0 Å². The molecule has 0 radical (unpaired) electrons. The van der Waals surface area contributed by atoms with Gasteiger partial charge in [-0.1, -0.05) is 25.0 Å². The van der Waals surface area contributed by atoms with Crippen LogP contribution in [0.15, 0.2) is 22.7 Å². The molecule has 1 saturated carbocycles. The molecule has 0 bridgehead atoms. The van der Waals surface area contributed by atoms with Crippen LogP contribution in [0.25, 0.3) is 0 Å². The Morgan fingerprint density at radius 3 is 2.86 bits per heavy atom. The van der Waals surface area contributed by atoms with E-state index in [0.29, 0.717) is 16.0 Å². The van der Waals surface area contributed by atoms with Crippen molar-refractivity contribution < 1.29 is 9.13 Å². The zero-order valence-electron chi connectivity index (χ0n) is 12.1. The van der Waals surface area contributed by atoms with Crippen molar-refractivity contribution in [2.45, 2.75) is 50.2 Å². The first-order valence-electron chi connectivity index (χ1n) is 7.69. The summed E-state index contributed by atoms with van der Waals surface area (Å²) in [4.78, 5) is 0. The zero-order chi connectivity index (χ0) is 14.9. The largest absolute Gasteiger partial charge is 0.375 e. The van der Waals surface area contributed by atoms with E-state index in [1.165, 1.54) is 12.8 Å². The number of ether oxygens (including phenoxy) is 1. The van der Waals surface area contributed by atoms with Gasteiger partial charge in [0.05, 0.1) is 16.1 Å². The molecule has 3 N–H and O–H groups in total. The molecular formula is C16H22BrFN2O. The molecule has 3 rings (SSSR count). The summed E-state index contributed by atoms with van der Waals surface area (Å²) in [5.74, 6) is 5.86. The highest BCUT2D eigenvalue weighted by Gasteiger charge is 2.42. The Balaban J connectivity index is 1.84. The molecule has 21 heavy (non-hydrogen) atoms. The number of benzene rings is 1. The smallest absolute Gasteiger partial charge is 0.142 e. The first kappa shape index (κ1) is 15.4. The van der Waals surface area contributed by atoms with Crippen LogP contribution in [0.1, 0.15) is 50.1 Å². The Hall–Kier alpha value is -0.490. The number of hydrogen-bond acceptors (Lipinski definition) is 3. The normalized spacial score (nSPS) is 26.1. The fourth-order valence-corrected chi connectivity index (χ4v) is 4.34. The van der Waals surface area contributed by atoms with Crippen molar-refractivity contribution in [1.29, 1.82) is 0 Å². The summed E-state index contributed by atoms with van der Waals surface area (Å²) < 4.78 is 20.9. The second-order valence-electron chi connectivity index (χ2n) is 6.28. The molecule has 0 amide bonds.